The number of piperidine rings is 1. The quantitative estimate of drug-likeness (QED) is 0.307. The van der Waals surface area contributed by atoms with Gasteiger partial charge in [0.25, 0.3) is 0 Å². The normalized spacial score (nSPS) is 20.9. The molecule has 1 atom stereocenters. The maximum absolute atomic E-state index is 14.0. The molecule has 3 heterocycles. The van der Waals surface area contributed by atoms with E-state index in [1.54, 1.807) is 35.2 Å². The van der Waals surface area contributed by atoms with Crippen molar-refractivity contribution in [3.8, 4) is 10.4 Å². The Kier molecular flexibility index (Phi) is 8.82. The molecular weight excluding hydrogens is 606 g/mol. The fraction of sp³-hybridized carbons (Fsp3) is 0.438. The van der Waals surface area contributed by atoms with E-state index in [4.69, 9.17) is 11.6 Å². The van der Waals surface area contributed by atoms with Crippen LogP contribution in [0.4, 0.5) is 11.4 Å². The zero-order valence-electron chi connectivity index (χ0n) is 24.0. The summed E-state index contributed by atoms with van der Waals surface area (Å²) in [6, 6.07) is 15.4. The number of piperazine rings is 1. The van der Waals surface area contributed by atoms with Gasteiger partial charge < -0.3 is 14.9 Å². The minimum Gasteiger partial charge on any atom is -0.477 e. The highest BCUT2D eigenvalue weighted by Crippen LogP contribution is 2.42. The largest absolute Gasteiger partial charge is 0.477 e. The van der Waals surface area contributed by atoms with E-state index in [2.05, 4.69) is 4.90 Å². The van der Waals surface area contributed by atoms with Crippen molar-refractivity contribution in [3.63, 3.8) is 0 Å². The molecule has 8 nitrogen and oxygen atoms in total. The van der Waals surface area contributed by atoms with Gasteiger partial charge in [-0.1, -0.05) is 43.0 Å². The standard InChI is InChI=1S/C32H36ClN3O5S2/c33-24-11-9-23(10-12-24)29-19-27(31(42-29)32(38)39)36-28(22-7-3-1-4-8-22)20-35(21-30(36)37)43(40,41)26-15-13-25(14-16-26)34-17-5-2-6-18-34/h9-16,19,22,28H,1-8,17-18,20-21H2,(H,38,39). The minimum atomic E-state index is -3.95. The van der Waals surface area contributed by atoms with Gasteiger partial charge in [-0.25, -0.2) is 13.2 Å². The van der Waals surface area contributed by atoms with E-state index in [1.165, 1.54) is 10.7 Å². The maximum atomic E-state index is 14.0. The van der Waals surface area contributed by atoms with Crippen LogP contribution in [0, 0.1) is 5.92 Å². The maximum Gasteiger partial charge on any atom is 0.348 e. The van der Waals surface area contributed by atoms with Crippen LogP contribution in [0.1, 0.15) is 61.0 Å². The lowest BCUT2D eigenvalue weighted by molar-refractivity contribution is -0.121. The monoisotopic (exact) mass is 641 g/mol. The average molecular weight is 642 g/mol. The molecule has 2 aliphatic heterocycles. The van der Waals surface area contributed by atoms with Crippen LogP contribution < -0.4 is 9.80 Å². The summed E-state index contributed by atoms with van der Waals surface area (Å²) in [5.74, 6) is -1.45. The molecule has 43 heavy (non-hydrogen) atoms. The van der Waals surface area contributed by atoms with Gasteiger partial charge in [0.15, 0.2) is 0 Å². The molecule has 1 aromatic heterocycles. The SMILES string of the molecule is O=C(O)c1sc(-c2ccc(Cl)cc2)cc1N1C(=O)CN(S(=O)(=O)c2ccc(N3CCCCC3)cc2)CC1C1CCCCC1. The van der Waals surface area contributed by atoms with Gasteiger partial charge in [0.05, 0.1) is 23.2 Å². The molecule has 3 fully saturated rings. The second-order valence-electron chi connectivity index (χ2n) is 11.7. The number of rotatable bonds is 7. The van der Waals surface area contributed by atoms with Gasteiger partial charge in [-0.05, 0) is 86.1 Å². The second kappa shape index (κ2) is 12.6. The highest BCUT2D eigenvalue weighted by molar-refractivity contribution is 7.89. The van der Waals surface area contributed by atoms with Gasteiger partial charge in [-0.3, -0.25) is 4.79 Å². The van der Waals surface area contributed by atoms with Crippen LogP contribution in [0.15, 0.2) is 59.5 Å². The number of carbonyl (C=O) groups excluding carboxylic acids is 1. The zero-order valence-corrected chi connectivity index (χ0v) is 26.3. The Hall–Kier alpha value is -2.92. The molecule has 1 N–H and O–H groups in total. The average Bonchev–Trinajstić information content (AvgIpc) is 3.47. The van der Waals surface area contributed by atoms with Gasteiger partial charge in [-0.15, -0.1) is 11.3 Å². The van der Waals surface area contributed by atoms with Crippen LogP contribution >= 0.6 is 22.9 Å². The Labute approximate surface area is 261 Å². The molecule has 2 saturated heterocycles. The third-order valence-electron chi connectivity index (χ3n) is 8.99. The predicted molar refractivity (Wildman–Crippen MR) is 171 cm³/mol. The van der Waals surface area contributed by atoms with Crippen LogP contribution in [-0.4, -0.2) is 61.9 Å². The number of carboxylic acids is 1. The molecule has 11 heteroatoms. The first-order valence-electron chi connectivity index (χ1n) is 15.0. The molecule has 1 saturated carbocycles. The molecule has 0 bridgehead atoms. The fourth-order valence-electron chi connectivity index (χ4n) is 6.74. The first kappa shape index (κ1) is 30.1. The summed E-state index contributed by atoms with van der Waals surface area (Å²) in [4.78, 5) is 31.2. The molecule has 1 unspecified atom stereocenters. The molecule has 1 amide bonds. The number of halogens is 1. The number of benzene rings is 2. The number of anilines is 2. The van der Waals surface area contributed by atoms with Crippen molar-refractivity contribution in [2.75, 3.05) is 36.0 Å². The number of carbonyl (C=O) groups is 2. The van der Waals surface area contributed by atoms with Crippen LogP contribution in [0.2, 0.25) is 5.02 Å². The summed E-state index contributed by atoms with van der Waals surface area (Å²) in [5.41, 5.74) is 2.15. The van der Waals surface area contributed by atoms with Crippen LogP contribution in [0.5, 0.6) is 0 Å². The number of aromatic carboxylic acids is 1. The number of carboxylic acid groups (broad SMARTS) is 1. The molecular formula is C32H36ClN3O5S2. The van der Waals surface area contributed by atoms with E-state index in [0.717, 1.165) is 80.6 Å². The Balaban J connectivity index is 1.33. The van der Waals surface area contributed by atoms with Crippen LogP contribution in [-0.2, 0) is 14.8 Å². The molecule has 0 radical (unpaired) electrons. The van der Waals surface area contributed by atoms with Gasteiger partial charge in [0, 0.05) is 35.2 Å². The lowest BCUT2D eigenvalue weighted by Crippen LogP contribution is -2.60. The summed E-state index contributed by atoms with van der Waals surface area (Å²) in [5, 5.41) is 10.7. The number of hydrogen-bond acceptors (Lipinski definition) is 6. The highest BCUT2D eigenvalue weighted by Gasteiger charge is 2.44. The van der Waals surface area contributed by atoms with E-state index in [0.29, 0.717) is 15.6 Å². The number of amides is 1. The lowest BCUT2D eigenvalue weighted by atomic mass is 9.82. The van der Waals surface area contributed by atoms with Gasteiger partial charge in [0.1, 0.15) is 4.88 Å². The summed E-state index contributed by atoms with van der Waals surface area (Å²) < 4.78 is 29.1. The number of hydrogen-bond donors (Lipinski definition) is 1. The molecule has 3 aliphatic rings. The Morgan fingerprint density at radius 2 is 1.56 bits per heavy atom. The first-order valence-corrected chi connectivity index (χ1v) is 17.7. The fourth-order valence-corrected chi connectivity index (χ4v) is 9.27. The van der Waals surface area contributed by atoms with Crippen molar-refractivity contribution in [2.45, 2.75) is 62.3 Å². The number of nitrogens with zero attached hydrogens (tertiary/aromatic N) is 3. The van der Waals surface area contributed by atoms with Crippen molar-refractivity contribution in [3.05, 3.63) is 64.5 Å². The smallest absolute Gasteiger partial charge is 0.348 e. The molecule has 228 valence electrons. The lowest BCUT2D eigenvalue weighted by Gasteiger charge is -2.45. The van der Waals surface area contributed by atoms with Crippen molar-refractivity contribution in [2.24, 2.45) is 5.92 Å². The van der Waals surface area contributed by atoms with Gasteiger partial charge >= 0.3 is 5.97 Å². The molecule has 2 aromatic carbocycles. The number of sulfonamides is 1. The van der Waals surface area contributed by atoms with Crippen molar-refractivity contribution >= 4 is 56.2 Å². The van der Waals surface area contributed by atoms with Crippen molar-refractivity contribution in [1.29, 1.82) is 0 Å². The third-order valence-corrected chi connectivity index (χ3v) is 12.2. The van der Waals surface area contributed by atoms with Gasteiger partial charge in [-0.2, -0.15) is 4.31 Å². The minimum absolute atomic E-state index is 0.0673. The zero-order chi connectivity index (χ0) is 30.1. The van der Waals surface area contributed by atoms with Gasteiger partial charge in [0.2, 0.25) is 15.9 Å². The Morgan fingerprint density at radius 3 is 2.21 bits per heavy atom. The summed E-state index contributed by atoms with van der Waals surface area (Å²) in [6.45, 7) is 1.71. The third kappa shape index (κ3) is 6.20. The highest BCUT2D eigenvalue weighted by atomic mass is 35.5. The molecule has 6 rings (SSSR count). The second-order valence-corrected chi connectivity index (χ2v) is 15.1. The van der Waals surface area contributed by atoms with E-state index >= 15 is 0 Å². The Bertz CT molecular complexity index is 1580. The van der Waals surface area contributed by atoms with E-state index in [1.807, 2.05) is 24.3 Å². The first-order chi connectivity index (χ1) is 20.7. The van der Waals surface area contributed by atoms with Crippen molar-refractivity contribution in [1.82, 2.24) is 4.31 Å². The topological polar surface area (TPSA) is 98.2 Å². The van der Waals surface area contributed by atoms with Crippen molar-refractivity contribution < 1.29 is 23.1 Å². The predicted octanol–water partition coefficient (Wildman–Crippen LogP) is 6.74. The molecule has 3 aromatic rings. The Morgan fingerprint density at radius 1 is 0.907 bits per heavy atom. The summed E-state index contributed by atoms with van der Waals surface area (Å²) in [7, 11) is -3.95. The van der Waals surface area contributed by atoms with E-state index in [-0.39, 0.29) is 28.8 Å². The number of thiophene rings is 1. The van der Waals surface area contributed by atoms with E-state index < -0.39 is 27.9 Å². The van der Waals surface area contributed by atoms with Crippen LogP contribution in [0.25, 0.3) is 10.4 Å². The van der Waals surface area contributed by atoms with Crippen LogP contribution in [0.3, 0.4) is 0 Å². The summed E-state index contributed by atoms with van der Waals surface area (Å²) >= 11 is 7.19. The molecule has 0 spiro atoms. The molecule has 1 aliphatic carbocycles. The van der Waals surface area contributed by atoms with E-state index in [9.17, 15) is 23.1 Å². The summed E-state index contributed by atoms with van der Waals surface area (Å²) in [6.07, 6.45) is 8.30.